The molecule has 0 radical (unpaired) electrons. The molecule has 0 bridgehead atoms. The molecule has 0 saturated carbocycles. The molecule has 2 aliphatic heterocycles. The Morgan fingerprint density at radius 3 is 2.58 bits per heavy atom. The molecule has 1 N–H and O–H groups in total. The maximum Gasteiger partial charge on any atom is 0.224 e. The SMILES string of the molecule is CC(C)OCCCNC(=O)[C@H]1CCC(=O)N(CCCN2CCCC2=O)C1. The lowest BCUT2D eigenvalue weighted by Gasteiger charge is -2.32. The molecule has 0 unspecified atom stereocenters. The molecule has 2 fully saturated rings. The number of nitrogens with one attached hydrogen (secondary N) is 1. The first kappa shape index (κ1) is 20.7. The van der Waals surface area contributed by atoms with Gasteiger partial charge in [-0.25, -0.2) is 0 Å². The van der Waals surface area contributed by atoms with Crippen molar-refractivity contribution in [1.29, 1.82) is 0 Å². The Bertz CT molecular complexity index is 495. The molecule has 2 rings (SSSR count). The van der Waals surface area contributed by atoms with Crippen LogP contribution in [0.25, 0.3) is 0 Å². The van der Waals surface area contributed by atoms with Gasteiger partial charge in [0.2, 0.25) is 17.7 Å². The smallest absolute Gasteiger partial charge is 0.224 e. The van der Waals surface area contributed by atoms with Crippen molar-refractivity contribution in [2.24, 2.45) is 5.92 Å². The third-order valence-corrected chi connectivity index (χ3v) is 4.97. The summed E-state index contributed by atoms with van der Waals surface area (Å²) < 4.78 is 5.46. The van der Waals surface area contributed by atoms with Crippen molar-refractivity contribution in [3.63, 3.8) is 0 Å². The fraction of sp³-hybridized carbons (Fsp3) is 0.842. The second-order valence-electron chi connectivity index (χ2n) is 7.48. The quantitative estimate of drug-likeness (QED) is 0.588. The van der Waals surface area contributed by atoms with Crippen molar-refractivity contribution >= 4 is 17.7 Å². The van der Waals surface area contributed by atoms with Crippen molar-refractivity contribution in [2.75, 3.05) is 39.3 Å². The first-order valence-electron chi connectivity index (χ1n) is 9.92. The van der Waals surface area contributed by atoms with Gasteiger partial charge in [-0.2, -0.15) is 0 Å². The van der Waals surface area contributed by atoms with Gasteiger partial charge in [-0.05, 0) is 39.5 Å². The summed E-state index contributed by atoms with van der Waals surface area (Å²) in [6.07, 6.45) is 4.41. The number of amides is 3. The third kappa shape index (κ3) is 6.59. The molecular weight excluding hydrogens is 334 g/mol. The van der Waals surface area contributed by atoms with E-state index in [1.165, 1.54) is 0 Å². The molecule has 2 saturated heterocycles. The molecule has 26 heavy (non-hydrogen) atoms. The number of piperidine rings is 1. The molecule has 0 spiro atoms. The van der Waals surface area contributed by atoms with E-state index in [1.54, 1.807) is 4.90 Å². The zero-order valence-electron chi connectivity index (χ0n) is 16.2. The normalized spacial score (nSPS) is 21.0. The van der Waals surface area contributed by atoms with Gasteiger partial charge < -0.3 is 19.9 Å². The summed E-state index contributed by atoms with van der Waals surface area (Å²) in [5, 5.41) is 2.96. The fourth-order valence-electron chi connectivity index (χ4n) is 3.48. The Hall–Kier alpha value is -1.63. The van der Waals surface area contributed by atoms with E-state index in [0.29, 0.717) is 52.0 Å². The average Bonchev–Trinajstić information content (AvgIpc) is 3.01. The van der Waals surface area contributed by atoms with Crippen LogP contribution in [0, 0.1) is 5.92 Å². The largest absolute Gasteiger partial charge is 0.379 e. The van der Waals surface area contributed by atoms with Gasteiger partial charge in [-0.15, -0.1) is 0 Å². The van der Waals surface area contributed by atoms with E-state index in [2.05, 4.69) is 5.32 Å². The highest BCUT2D eigenvalue weighted by molar-refractivity contribution is 5.83. The summed E-state index contributed by atoms with van der Waals surface area (Å²) in [5.41, 5.74) is 0. The molecule has 1 atom stereocenters. The highest BCUT2D eigenvalue weighted by Gasteiger charge is 2.30. The van der Waals surface area contributed by atoms with Crippen LogP contribution in [0.1, 0.15) is 52.4 Å². The van der Waals surface area contributed by atoms with Gasteiger partial charge in [0.05, 0.1) is 12.0 Å². The van der Waals surface area contributed by atoms with E-state index < -0.39 is 0 Å². The van der Waals surface area contributed by atoms with E-state index >= 15 is 0 Å². The van der Waals surface area contributed by atoms with Crippen LogP contribution in [0.5, 0.6) is 0 Å². The molecule has 2 heterocycles. The minimum absolute atomic E-state index is 0.0294. The third-order valence-electron chi connectivity index (χ3n) is 4.97. The Morgan fingerprint density at radius 2 is 1.88 bits per heavy atom. The Balaban J connectivity index is 1.66. The highest BCUT2D eigenvalue weighted by atomic mass is 16.5. The molecule has 0 aliphatic carbocycles. The van der Waals surface area contributed by atoms with Crippen LogP contribution in [0.4, 0.5) is 0 Å². The number of carbonyl (C=O) groups is 3. The van der Waals surface area contributed by atoms with E-state index in [-0.39, 0.29) is 29.7 Å². The van der Waals surface area contributed by atoms with Gasteiger partial charge in [-0.1, -0.05) is 0 Å². The summed E-state index contributed by atoms with van der Waals surface area (Å²) in [6.45, 7) is 7.87. The van der Waals surface area contributed by atoms with E-state index in [1.807, 2.05) is 18.7 Å². The first-order chi connectivity index (χ1) is 12.5. The molecule has 2 aliphatic rings. The summed E-state index contributed by atoms with van der Waals surface area (Å²) in [6, 6.07) is 0. The molecular formula is C19H33N3O4. The van der Waals surface area contributed by atoms with Crippen molar-refractivity contribution in [3.8, 4) is 0 Å². The molecule has 7 heteroatoms. The highest BCUT2D eigenvalue weighted by Crippen LogP contribution is 2.18. The molecule has 7 nitrogen and oxygen atoms in total. The lowest BCUT2D eigenvalue weighted by atomic mass is 9.96. The second kappa shape index (κ2) is 10.5. The van der Waals surface area contributed by atoms with Crippen LogP contribution < -0.4 is 5.32 Å². The molecule has 0 aromatic carbocycles. The van der Waals surface area contributed by atoms with Gasteiger partial charge in [0.15, 0.2) is 0 Å². The Labute approximate surface area is 156 Å². The number of ether oxygens (including phenoxy) is 1. The molecule has 3 amide bonds. The minimum atomic E-state index is -0.132. The van der Waals surface area contributed by atoms with Crippen molar-refractivity contribution in [1.82, 2.24) is 15.1 Å². The van der Waals surface area contributed by atoms with E-state index in [4.69, 9.17) is 4.74 Å². The van der Waals surface area contributed by atoms with Crippen molar-refractivity contribution in [3.05, 3.63) is 0 Å². The summed E-state index contributed by atoms with van der Waals surface area (Å²) in [4.78, 5) is 39.7. The second-order valence-corrected chi connectivity index (χ2v) is 7.48. The van der Waals surface area contributed by atoms with Crippen LogP contribution in [-0.2, 0) is 19.1 Å². The minimum Gasteiger partial charge on any atom is -0.379 e. The summed E-state index contributed by atoms with van der Waals surface area (Å²) >= 11 is 0. The molecule has 148 valence electrons. The maximum absolute atomic E-state index is 12.3. The van der Waals surface area contributed by atoms with Crippen molar-refractivity contribution < 1.29 is 19.1 Å². The predicted molar refractivity (Wildman–Crippen MR) is 98.4 cm³/mol. The lowest BCUT2D eigenvalue weighted by Crippen LogP contribution is -2.46. The molecule has 0 aromatic heterocycles. The van der Waals surface area contributed by atoms with Gasteiger partial charge >= 0.3 is 0 Å². The Kier molecular flexibility index (Phi) is 8.35. The van der Waals surface area contributed by atoms with Gasteiger partial charge in [0, 0.05) is 52.2 Å². The fourth-order valence-corrected chi connectivity index (χ4v) is 3.48. The van der Waals surface area contributed by atoms with Crippen LogP contribution in [0.15, 0.2) is 0 Å². The summed E-state index contributed by atoms with van der Waals surface area (Å²) in [5.74, 6) is 0.231. The number of hydrogen-bond acceptors (Lipinski definition) is 4. The number of likely N-dealkylation sites (tertiary alicyclic amines) is 2. The number of hydrogen-bond donors (Lipinski definition) is 1. The first-order valence-corrected chi connectivity index (χ1v) is 9.92. The number of rotatable bonds is 10. The number of carbonyl (C=O) groups excluding carboxylic acids is 3. The van der Waals surface area contributed by atoms with Crippen LogP contribution >= 0.6 is 0 Å². The summed E-state index contributed by atoms with van der Waals surface area (Å²) in [7, 11) is 0. The lowest BCUT2D eigenvalue weighted by molar-refractivity contribution is -0.138. The maximum atomic E-state index is 12.3. The number of nitrogens with zero attached hydrogens (tertiary/aromatic N) is 2. The van der Waals surface area contributed by atoms with Crippen LogP contribution in [0.2, 0.25) is 0 Å². The van der Waals surface area contributed by atoms with Crippen molar-refractivity contribution in [2.45, 2.75) is 58.5 Å². The van der Waals surface area contributed by atoms with Crippen LogP contribution in [-0.4, -0.2) is 73.0 Å². The van der Waals surface area contributed by atoms with Gasteiger partial charge in [-0.3, -0.25) is 14.4 Å². The predicted octanol–water partition coefficient (Wildman–Crippen LogP) is 1.17. The molecule has 0 aromatic rings. The standard InChI is InChI=1S/C19H33N3O4/c1-15(2)26-13-4-9-20-19(25)16-7-8-18(24)22(14-16)12-5-11-21-10-3-6-17(21)23/h15-16H,3-14H2,1-2H3,(H,20,25)/t16-/m0/s1. The van der Waals surface area contributed by atoms with Gasteiger partial charge in [0.1, 0.15) is 0 Å². The Morgan fingerprint density at radius 1 is 1.15 bits per heavy atom. The van der Waals surface area contributed by atoms with E-state index in [0.717, 1.165) is 25.8 Å². The average molecular weight is 367 g/mol. The monoisotopic (exact) mass is 367 g/mol. The zero-order chi connectivity index (χ0) is 18.9. The van der Waals surface area contributed by atoms with E-state index in [9.17, 15) is 14.4 Å². The van der Waals surface area contributed by atoms with Crippen LogP contribution in [0.3, 0.4) is 0 Å². The van der Waals surface area contributed by atoms with Gasteiger partial charge in [0.25, 0.3) is 0 Å². The topological polar surface area (TPSA) is 79.0 Å². The zero-order valence-corrected chi connectivity index (χ0v) is 16.2.